The van der Waals surface area contributed by atoms with Crippen LogP contribution in [-0.4, -0.2) is 15.0 Å². The molecule has 0 fully saturated rings. The number of hydrogen-bond donors (Lipinski definition) is 0. The molecular formula is C44H29N3O. The highest BCUT2D eigenvalue weighted by Gasteiger charge is 2.19. The quantitative estimate of drug-likeness (QED) is 0.193. The van der Waals surface area contributed by atoms with Crippen molar-refractivity contribution in [2.75, 3.05) is 0 Å². The van der Waals surface area contributed by atoms with Gasteiger partial charge in [0, 0.05) is 32.8 Å². The van der Waals surface area contributed by atoms with Crippen molar-refractivity contribution in [3.05, 3.63) is 163 Å². The van der Waals surface area contributed by atoms with Crippen molar-refractivity contribution in [1.29, 1.82) is 0 Å². The average Bonchev–Trinajstić information content (AvgIpc) is 3.54. The van der Waals surface area contributed by atoms with E-state index in [1.165, 1.54) is 5.56 Å². The van der Waals surface area contributed by atoms with Crippen molar-refractivity contribution in [2.45, 2.75) is 6.92 Å². The molecule has 4 nitrogen and oxygen atoms in total. The van der Waals surface area contributed by atoms with Gasteiger partial charge >= 0.3 is 0 Å². The third-order valence-electron chi connectivity index (χ3n) is 8.95. The maximum Gasteiger partial charge on any atom is 0.164 e. The molecule has 0 N–H and O–H groups in total. The van der Waals surface area contributed by atoms with Crippen molar-refractivity contribution in [2.24, 2.45) is 0 Å². The van der Waals surface area contributed by atoms with Crippen LogP contribution in [0.25, 0.3) is 89.1 Å². The van der Waals surface area contributed by atoms with Gasteiger partial charge in [-0.2, -0.15) is 0 Å². The second-order valence-corrected chi connectivity index (χ2v) is 12.2. The van der Waals surface area contributed by atoms with Crippen LogP contribution in [0.4, 0.5) is 0 Å². The van der Waals surface area contributed by atoms with Crippen molar-refractivity contribution in [3.63, 3.8) is 0 Å². The van der Waals surface area contributed by atoms with Crippen LogP contribution in [0.3, 0.4) is 0 Å². The van der Waals surface area contributed by atoms with Gasteiger partial charge in [0.25, 0.3) is 0 Å². The van der Waals surface area contributed by atoms with E-state index in [0.29, 0.717) is 17.5 Å². The molecule has 9 rings (SSSR count). The molecule has 0 amide bonds. The fourth-order valence-electron chi connectivity index (χ4n) is 6.61. The maximum absolute atomic E-state index is 6.72. The summed E-state index contributed by atoms with van der Waals surface area (Å²) < 4.78 is 6.72. The minimum atomic E-state index is 0.593. The average molecular weight is 616 g/mol. The third-order valence-corrected chi connectivity index (χ3v) is 8.95. The first-order chi connectivity index (χ1) is 23.7. The predicted molar refractivity (Wildman–Crippen MR) is 197 cm³/mol. The summed E-state index contributed by atoms with van der Waals surface area (Å²) in [6.07, 6.45) is 0. The van der Waals surface area contributed by atoms with E-state index in [1.54, 1.807) is 0 Å². The summed E-state index contributed by atoms with van der Waals surface area (Å²) in [7, 11) is 0. The first-order valence-corrected chi connectivity index (χ1v) is 16.1. The van der Waals surface area contributed by atoms with Gasteiger partial charge in [0.1, 0.15) is 11.2 Å². The van der Waals surface area contributed by atoms with Gasteiger partial charge in [-0.15, -0.1) is 0 Å². The number of hydrogen-bond acceptors (Lipinski definition) is 4. The van der Waals surface area contributed by atoms with Crippen LogP contribution in [-0.2, 0) is 0 Å². The maximum atomic E-state index is 6.72. The molecule has 0 bridgehead atoms. The lowest BCUT2D eigenvalue weighted by Crippen LogP contribution is -2.00. The van der Waals surface area contributed by atoms with Gasteiger partial charge < -0.3 is 4.42 Å². The standard InChI is InChI=1S/C44H29N3O/c1-28-12-10-18-31(24-28)32-19-11-20-34(25-32)43-45-42(30-15-6-3-7-16-30)46-44(47-43)35-22-23-37-39(27-35)48-41-36-21-9-8-17-33(36)26-38(40(37)41)29-13-4-2-5-14-29/h2-27H,1H3. The van der Waals surface area contributed by atoms with Gasteiger partial charge in [-0.05, 0) is 58.8 Å². The largest absolute Gasteiger partial charge is 0.455 e. The molecule has 48 heavy (non-hydrogen) atoms. The lowest BCUT2D eigenvalue weighted by molar-refractivity contribution is 0.673. The Hall–Kier alpha value is -6.39. The summed E-state index contributed by atoms with van der Waals surface area (Å²) in [5.74, 6) is 1.84. The number of aryl methyl sites for hydroxylation is 1. The molecule has 0 unspecified atom stereocenters. The van der Waals surface area contributed by atoms with Crippen LogP contribution in [0.15, 0.2) is 162 Å². The lowest BCUT2D eigenvalue weighted by Gasteiger charge is -2.10. The molecule has 0 radical (unpaired) electrons. The van der Waals surface area contributed by atoms with E-state index < -0.39 is 0 Å². The fraction of sp³-hybridized carbons (Fsp3) is 0.0227. The highest BCUT2D eigenvalue weighted by atomic mass is 16.3. The molecule has 0 saturated carbocycles. The molecule has 2 aromatic heterocycles. The second-order valence-electron chi connectivity index (χ2n) is 12.2. The lowest BCUT2D eigenvalue weighted by atomic mass is 9.95. The van der Waals surface area contributed by atoms with Gasteiger partial charge in [0.15, 0.2) is 17.5 Å². The third kappa shape index (κ3) is 4.91. The van der Waals surface area contributed by atoms with Crippen LogP contribution >= 0.6 is 0 Å². The summed E-state index contributed by atoms with van der Waals surface area (Å²) in [6, 6.07) is 54.5. The molecule has 0 saturated heterocycles. The smallest absolute Gasteiger partial charge is 0.164 e. The van der Waals surface area contributed by atoms with Crippen molar-refractivity contribution in [1.82, 2.24) is 15.0 Å². The van der Waals surface area contributed by atoms with Gasteiger partial charge in [0.2, 0.25) is 0 Å². The van der Waals surface area contributed by atoms with Crippen molar-refractivity contribution < 1.29 is 4.42 Å². The van der Waals surface area contributed by atoms with E-state index in [0.717, 1.165) is 71.7 Å². The zero-order chi connectivity index (χ0) is 32.0. The van der Waals surface area contributed by atoms with Gasteiger partial charge in [-0.1, -0.05) is 139 Å². The monoisotopic (exact) mass is 615 g/mol. The normalized spacial score (nSPS) is 11.4. The molecule has 2 heterocycles. The van der Waals surface area contributed by atoms with E-state index in [9.17, 15) is 0 Å². The molecule has 0 spiro atoms. The van der Waals surface area contributed by atoms with E-state index >= 15 is 0 Å². The van der Waals surface area contributed by atoms with Gasteiger partial charge in [-0.3, -0.25) is 0 Å². The molecular weight excluding hydrogens is 587 g/mol. The Kier molecular flexibility index (Phi) is 6.65. The number of nitrogens with zero attached hydrogens (tertiary/aromatic N) is 3. The molecule has 4 heteroatoms. The Balaban J connectivity index is 1.24. The minimum Gasteiger partial charge on any atom is -0.455 e. The van der Waals surface area contributed by atoms with Crippen LogP contribution in [0.5, 0.6) is 0 Å². The van der Waals surface area contributed by atoms with Crippen LogP contribution < -0.4 is 0 Å². The fourth-order valence-corrected chi connectivity index (χ4v) is 6.61. The van der Waals surface area contributed by atoms with Gasteiger partial charge in [-0.25, -0.2) is 15.0 Å². The zero-order valence-electron chi connectivity index (χ0n) is 26.3. The van der Waals surface area contributed by atoms with Crippen LogP contribution in [0, 0.1) is 6.92 Å². The summed E-state index contributed by atoms with van der Waals surface area (Å²) >= 11 is 0. The molecule has 0 aliphatic heterocycles. The van der Waals surface area contributed by atoms with E-state index in [4.69, 9.17) is 19.4 Å². The summed E-state index contributed by atoms with van der Waals surface area (Å²) in [5.41, 5.74) is 10.2. The number of furan rings is 1. The first-order valence-electron chi connectivity index (χ1n) is 16.1. The predicted octanol–water partition coefficient (Wildman–Crippen LogP) is 11.6. The first kappa shape index (κ1) is 27.9. The summed E-state index contributed by atoms with van der Waals surface area (Å²) in [6.45, 7) is 2.11. The van der Waals surface area contributed by atoms with Crippen molar-refractivity contribution in [3.8, 4) is 56.4 Å². The molecule has 226 valence electrons. The summed E-state index contributed by atoms with van der Waals surface area (Å²) in [4.78, 5) is 15.0. The van der Waals surface area contributed by atoms with Crippen molar-refractivity contribution >= 4 is 32.7 Å². The topological polar surface area (TPSA) is 51.8 Å². The van der Waals surface area contributed by atoms with E-state index in [2.05, 4.69) is 128 Å². The SMILES string of the molecule is Cc1cccc(-c2cccc(-c3nc(-c4ccccc4)nc(-c4ccc5c(c4)oc4c6ccccc6cc(-c6ccccc6)c54)n3)c2)c1. The highest BCUT2D eigenvalue weighted by molar-refractivity contribution is 6.21. The number of rotatable bonds is 5. The Morgan fingerprint density at radius 3 is 1.75 bits per heavy atom. The second kappa shape index (κ2) is 11.4. The molecule has 0 aliphatic rings. The van der Waals surface area contributed by atoms with Crippen LogP contribution in [0.2, 0.25) is 0 Å². The minimum absolute atomic E-state index is 0.593. The molecule has 0 aliphatic carbocycles. The molecule has 9 aromatic rings. The zero-order valence-corrected chi connectivity index (χ0v) is 26.3. The Labute approximate surface area is 278 Å². The number of fused-ring (bicyclic) bond motifs is 5. The highest BCUT2D eigenvalue weighted by Crippen LogP contribution is 2.42. The van der Waals surface area contributed by atoms with E-state index in [1.807, 2.05) is 36.4 Å². The van der Waals surface area contributed by atoms with Gasteiger partial charge in [0.05, 0.1) is 0 Å². The molecule has 7 aromatic carbocycles. The Morgan fingerprint density at radius 2 is 1.00 bits per heavy atom. The Bertz CT molecular complexity index is 2620. The summed E-state index contributed by atoms with van der Waals surface area (Å²) in [5, 5.41) is 4.40. The Morgan fingerprint density at radius 1 is 0.417 bits per heavy atom. The van der Waals surface area contributed by atoms with E-state index in [-0.39, 0.29) is 0 Å². The number of benzene rings is 7. The molecule has 0 atom stereocenters. The number of aromatic nitrogens is 3. The van der Waals surface area contributed by atoms with Crippen LogP contribution in [0.1, 0.15) is 5.56 Å².